The number of carbonyl (C=O) groups excluding carboxylic acids is 1. The zero-order valence-corrected chi connectivity index (χ0v) is 12.9. The Morgan fingerprint density at radius 1 is 1.22 bits per heavy atom. The first-order valence-electron chi connectivity index (χ1n) is 6.99. The third-order valence-electron chi connectivity index (χ3n) is 3.41. The van der Waals surface area contributed by atoms with Crippen LogP contribution in [0.25, 0.3) is 6.08 Å². The number of benzene rings is 2. The molecule has 2 aromatic carbocycles. The molecule has 0 unspecified atom stereocenters. The zero-order chi connectivity index (χ0) is 17.0. The van der Waals surface area contributed by atoms with Crippen molar-refractivity contribution >= 4 is 12.0 Å². The van der Waals surface area contributed by atoms with Crippen molar-refractivity contribution in [2.75, 3.05) is 7.11 Å². The van der Waals surface area contributed by atoms with Gasteiger partial charge < -0.3 is 10.5 Å². The van der Waals surface area contributed by atoms with E-state index >= 15 is 0 Å². The Kier molecular flexibility index (Phi) is 5.11. The van der Waals surface area contributed by atoms with Gasteiger partial charge in [0.05, 0.1) is 7.11 Å². The Morgan fingerprint density at radius 2 is 1.96 bits per heavy atom. The number of allylic oxidation sites excluding steroid dienone is 1. The van der Waals surface area contributed by atoms with Gasteiger partial charge in [0.25, 0.3) is 0 Å². The highest BCUT2D eigenvalue weighted by Crippen LogP contribution is 2.22. The number of halogens is 2. The van der Waals surface area contributed by atoms with Crippen LogP contribution in [0, 0.1) is 11.6 Å². The second kappa shape index (κ2) is 7.05. The largest absolute Gasteiger partial charge is 0.497 e. The topological polar surface area (TPSA) is 52.3 Å². The quantitative estimate of drug-likeness (QED) is 0.914. The Bertz CT molecular complexity index is 770. The molecule has 0 aromatic heterocycles. The fourth-order valence-electron chi connectivity index (χ4n) is 2.32. The standard InChI is InChI=1S/C18H17F2NO2/c1-11(7-12-3-4-14(19)10-17(12)20)8-13-9-15(23-2)5-6-16(13)18(21)22/h3-7,9-10H,8H2,1-2H3,(H2,21,22). The predicted octanol–water partition coefficient (Wildman–Crippen LogP) is 3.72. The lowest BCUT2D eigenvalue weighted by Gasteiger charge is -2.10. The van der Waals surface area contributed by atoms with E-state index in [1.165, 1.54) is 19.2 Å². The summed E-state index contributed by atoms with van der Waals surface area (Å²) in [5, 5.41) is 0. The van der Waals surface area contributed by atoms with Gasteiger partial charge in [-0.1, -0.05) is 11.6 Å². The van der Waals surface area contributed by atoms with E-state index in [1.54, 1.807) is 31.2 Å². The molecule has 2 N–H and O–H groups in total. The summed E-state index contributed by atoms with van der Waals surface area (Å²) >= 11 is 0. The van der Waals surface area contributed by atoms with Gasteiger partial charge in [0.15, 0.2) is 0 Å². The van der Waals surface area contributed by atoms with Crippen LogP contribution < -0.4 is 10.5 Å². The van der Waals surface area contributed by atoms with Crippen LogP contribution in [0.15, 0.2) is 42.0 Å². The molecule has 0 radical (unpaired) electrons. The molecule has 5 heteroatoms. The smallest absolute Gasteiger partial charge is 0.248 e. The molecule has 0 saturated heterocycles. The first kappa shape index (κ1) is 16.7. The van der Waals surface area contributed by atoms with E-state index in [0.717, 1.165) is 11.6 Å². The van der Waals surface area contributed by atoms with Crippen LogP contribution >= 0.6 is 0 Å². The fraction of sp³-hybridized carbons (Fsp3) is 0.167. The number of amides is 1. The summed E-state index contributed by atoms with van der Waals surface area (Å²) in [7, 11) is 1.53. The number of hydrogen-bond donors (Lipinski definition) is 1. The predicted molar refractivity (Wildman–Crippen MR) is 85.2 cm³/mol. The lowest BCUT2D eigenvalue weighted by atomic mass is 9.98. The van der Waals surface area contributed by atoms with Gasteiger partial charge in [-0.2, -0.15) is 0 Å². The molecule has 1 amide bonds. The molecule has 0 aliphatic carbocycles. The molecule has 0 heterocycles. The fourth-order valence-corrected chi connectivity index (χ4v) is 2.32. The Morgan fingerprint density at radius 3 is 2.57 bits per heavy atom. The maximum atomic E-state index is 13.7. The van der Waals surface area contributed by atoms with Crippen LogP contribution in [0.1, 0.15) is 28.4 Å². The van der Waals surface area contributed by atoms with Crippen molar-refractivity contribution in [2.45, 2.75) is 13.3 Å². The second-order valence-electron chi connectivity index (χ2n) is 5.22. The van der Waals surface area contributed by atoms with Gasteiger partial charge in [-0.15, -0.1) is 0 Å². The summed E-state index contributed by atoms with van der Waals surface area (Å²) in [4.78, 5) is 11.5. The van der Waals surface area contributed by atoms with E-state index in [4.69, 9.17) is 10.5 Å². The molecule has 2 aromatic rings. The summed E-state index contributed by atoms with van der Waals surface area (Å²) in [5.41, 5.74) is 7.53. The summed E-state index contributed by atoms with van der Waals surface area (Å²) < 4.78 is 31.8. The van der Waals surface area contributed by atoms with Gasteiger partial charge >= 0.3 is 0 Å². The van der Waals surface area contributed by atoms with Crippen molar-refractivity contribution in [3.63, 3.8) is 0 Å². The monoisotopic (exact) mass is 317 g/mol. The number of ether oxygens (including phenoxy) is 1. The second-order valence-corrected chi connectivity index (χ2v) is 5.22. The Labute approximate surface area is 133 Å². The molecule has 23 heavy (non-hydrogen) atoms. The molecule has 3 nitrogen and oxygen atoms in total. The molecule has 0 spiro atoms. The summed E-state index contributed by atoms with van der Waals surface area (Å²) in [6, 6.07) is 8.37. The van der Waals surface area contributed by atoms with Crippen LogP contribution in [0.2, 0.25) is 0 Å². The maximum absolute atomic E-state index is 13.7. The molecule has 0 bridgehead atoms. The molecule has 0 fully saturated rings. The highest BCUT2D eigenvalue weighted by Gasteiger charge is 2.10. The average molecular weight is 317 g/mol. The third kappa shape index (κ3) is 4.16. The number of carbonyl (C=O) groups is 1. The SMILES string of the molecule is COc1ccc(C(N)=O)c(CC(C)=Cc2ccc(F)cc2F)c1. The van der Waals surface area contributed by atoms with Gasteiger partial charge in [0, 0.05) is 17.2 Å². The summed E-state index contributed by atoms with van der Waals surface area (Å²) in [6.07, 6.45) is 2.01. The molecule has 2 rings (SSSR count). The van der Waals surface area contributed by atoms with Crippen molar-refractivity contribution in [3.05, 3.63) is 70.3 Å². The normalized spacial score (nSPS) is 11.4. The minimum absolute atomic E-state index is 0.285. The number of nitrogens with two attached hydrogens (primary N) is 1. The third-order valence-corrected chi connectivity index (χ3v) is 3.41. The van der Waals surface area contributed by atoms with Crippen LogP contribution in [-0.2, 0) is 6.42 Å². The van der Waals surface area contributed by atoms with Crippen molar-refractivity contribution in [1.82, 2.24) is 0 Å². The van der Waals surface area contributed by atoms with Crippen molar-refractivity contribution < 1.29 is 18.3 Å². The van der Waals surface area contributed by atoms with E-state index in [9.17, 15) is 13.6 Å². The van der Waals surface area contributed by atoms with E-state index in [1.807, 2.05) is 0 Å². The number of methoxy groups -OCH3 is 1. The number of rotatable bonds is 5. The first-order chi connectivity index (χ1) is 10.9. The summed E-state index contributed by atoms with van der Waals surface area (Å²) in [5.74, 6) is -1.19. The van der Waals surface area contributed by atoms with Gasteiger partial charge in [0.2, 0.25) is 5.91 Å². The molecule has 0 atom stereocenters. The van der Waals surface area contributed by atoms with Gasteiger partial charge in [0.1, 0.15) is 17.4 Å². The minimum Gasteiger partial charge on any atom is -0.497 e. The lowest BCUT2D eigenvalue weighted by molar-refractivity contribution is 0.0999. The van der Waals surface area contributed by atoms with E-state index in [0.29, 0.717) is 23.3 Å². The molecule has 0 aliphatic heterocycles. The number of hydrogen-bond acceptors (Lipinski definition) is 2. The van der Waals surface area contributed by atoms with Gasteiger partial charge in [-0.3, -0.25) is 4.79 Å². The first-order valence-corrected chi connectivity index (χ1v) is 6.99. The summed E-state index contributed by atoms with van der Waals surface area (Å²) in [6.45, 7) is 1.80. The maximum Gasteiger partial charge on any atom is 0.248 e. The van der Waals surface area contributed by atoms with E-state index in [2.05, 4.69) is 0 Å². The van der Waals surface area contributed by atoms with Gasteiger partial charge in [-0.05, 0) is 49.2 Å². The van der Waals surface area contributed by atoms with Crippen LogP contribution in [0.4, 0.5) is 8.78 Å². The van der Waals surface area contributed by atoms with Crippen LogP contribution in [0.3, 0.4) is 0 Å². The average Bonchev–Trinajstić information content (AvgIpc) is 2.49. The van der Waals surface area contributed by atoms with Crippen LogP contribution in [-0.4, -0.2) is 13.0 Å². The lowest BCUT2D eigenvalue weighted by Crippen LogP contribution is -2.14. The van der Waals surface area contributed by atoms with Crippen molar-refractivity contribution in [3.8, 4) is 5.75 Å². The minimum atomic E-state index is -0.634. The molecule has 0 saturated carbocycles. The van der Waals surface area contributed by atoms with Crippen LogP contribution in [0.5, 0.6) is 5.75 Å². The van der Waals surface area contributed by atoms with Crippen molar-refractivity contribution in [2.24, 2.45) is 5.73 Å². The van der Waals surface area contributed by atoms with E-state index in [-0.39, 0.29) is 5.56 Å². The highest BCUT2D eigenvalue weighted by atomic mass is 19.1. The van der Waals surface area contributed by atoms with Crippen molar-refractivity contribution in [1.29, 1.82) is 0 Å². The number of primary amides is 1. The molecular weight excluding hydrogens is 300 g/mol. The molecular formula is C18H17F2NO2. The van der Waals surface area contributed by atoms with E-state index < -0.39 is 17.5 Å². The van der Waals surface area contributed by atoms with Gasteiger partial charge in [-0.25, -0.2) is 8.78 Å². The zero-order valence-electron chi connectivity index (χ0n) is 12.9. The highest BCUT2D eigenvalue weighted by molar-refractivity contribution is 5.94. The molecule has 0 aliphatic rings. The molecule has 120 valence electrons. The Balaban J connectivity index is 2.33. The Hall–Kier alpha value is -2.69.